The van der Waals surface area contributed by atoms with Gasteiger partial charge >= 0.3 is 0 Å². The molecule has 1 aliphatic rings. The summed E-state index contributed by atoms with van der Waals surface area (Å²) in [7, 11) is 0. The second kappa shape index (κ2) is 7.82. The van der Waals surface area contributed by atoms with Crippen LogP contribution in [0.25, 0.3) is 11.5 Å². The van der Waals surface area contributed by atoms with Crippen LogP contribution in [0.3, 0.4) is 0 Å². The van der Waals surface area contributed by atoms with Crippen molar-refractivity contribution in [2.45, 2.75) is 39.0 Å². The number of rotatable bonds is 6. The Morgan fingerprint density at radius 3 is 2.81 bits per heavy atom. The van der Waals surface area contributed by atoms with E-state index in [2.05, 4.69) is 27.5 Å². The maximum absolute atomic E-state index is 12.6. The fraction of sp³-hybridized carbons (Fsp3) is 0.318. The van der Waals surface area contributed by atoms with Gasteiger partial charge in [-0.05, 0) is 43.2 Å². The number of benzene rings is 1. The van der Waals surface area contributed by atoms with Crippen LogP contribution in [0.1, 0.15) is 48.9 Å². The van der Waals surface area contributed by atoms with Crippen molar-refractivity contribution in [2.24, 2.45) is 0 Å². The molecule has 0 spiro atoms. The van der Waals surface area contributed by atoms with E-state index >= 15 is 0 Å². The quantitative estimate of drug-likeness (QED) is 0.484. The van der Waals surface area contributed by atoms with Gasteiger partial charge in [-0.15, -0.1) is 15.3 Å². The van der Waals surface area contributed by atoms with Crippen molar-refractivity contribution >= 4 is 17.4 Å². The van der Waals surface area contributed by atoms with Crippen molar-refractivity contribution in [1.29, 1.82) is 0 Å². The van der Waals surface area contributed by atoms with Crippen LogP contribution in [0.15, 0.2) is 42.7 Å². The van der Waals surface area contributed by atoms with Crippen LogP contribution >= 0.6 is 0 Å². The molecule has 4 heterocycles. The van der Waals surface area contributed by atoms with Crippen LogP contribution < -0.4 is 10.1 Å². The fourth-order valence-corrected chi connectivity index (χ4v) is 3.96. The van der Waals surface area contributed by atoms with Gasteiger partial charge in [-0.3, -0.25) is 4.79 Å². The molecule has 1 N–H and O–H groups in total. The fourth-order valence-electron chi connectivity index (χ4n) is 3.96. The van der Waals surface area contributed by atoms with Crippen molar-refractivity contribution in [2.75, 3.05) is 11.9 Å². The summed E-state index contributed by atoms with van der Waals surface area (Å²) < 4.78 is 9.04. The zero-order valence-corrected chi connectivity index (χ0v) is 17.4. The van der Waals surface area contributed by atoms with Crippen molar-refractivity contribution in [3.05, 3.63) is 59.5 Å². The topological polar surface area (TPSA) is 99.2 Å². The Hall–Kier alpha value is -3.75. The van der Waals surface area contributed by atoms with E-state index in [1.165, 1.54) is 6.33 Å². The normalized spacial score (nSPS) is 15.7. The number of anilines is 1. The van der Waals surface area contributed by atoms with Gasteiger partial charge in [0.25, 0.3) is 0 Å². The second-order valence-electron chi connectivity index (χ2n) is 7.66. The van der Waals surface area contributed by atoms with E-state index in [4.69, 9.17) is 9.84 Å². The highest BCUT2D eigenvalue weighted by molar-refractivity contribution is 5.95. The molecule has 1 aliphatic heterocycles. The first kappa shape index (κ1) is 19.2. The zero-order valence-electron chi connectivity index (χ0n) is 17.4. The average Bonchev–Trinajstić information content (AvgIpc) is 3.37. The Morgan fingerprint density at radius 1 is 1.16 bits per heavy atom. The number of carbonyl (C=O) groups is 1. The number of ether oxygens (including phenoxy) is 1. The van der Waals surface area contributed by atoms with E-state index in [1.54, 1.807) is 9.20 Å². The lowest BCUT2D eigenvalue weighted by molar-refractivity contribution is -0.116. The summed E-state index contributed by atoms with van der Waals surface area (Å²) in [4.78, 5) is 12.6. The number of fused-ring (bicyclic) bond motifs is 2. The molecule has 0 saturated carbocycles. The zero-order chi connectivity index (χ0) is 21.4. The number of hydrogen-bond donors (Lipinski definition) is 1. The second-order valence-corrected chi connectivity index (χ2v) is 7.66. The summed E-state index contributed by atoms with van der Waals surface area (Å²) in [5.41, 5.74) is 3.56. The van der Waals surface area contributed by atoms with E-state index in [0.717, 1.165) is 35.4 Å². The largest absolute Gasteiger partial charge is 0.494 e. The van der Waals surface area contributed by atoms with Gasteiger partial charge in [0.2, 0.25) is 5.91 Å². The molecular formula is C22H23N7O2. The third-order valence-corrected chi connectivity index (χ3v) is 5.52. The van der Waals surface area contributed by atoms with Gasteiger partial charge in [0, 0.05) is 17.9 Å². The Kier molecular flexibility index (Phi) is 4.85. The highest BCUT2D eigenvalue weighted by Gasteiger charge is 2.33. The van der Waals surface area contributed by atoms with E-state index in [1.807, 2.05) is 43.3 Å². The first-order chi connectivity index (χ1) is 15.1. The SMILES string of the molecule is CCCCOc1ccc(C2CC(=O)Nc3c2c(C)nn3-c2ccc3nncn3n2)cc1. The van der Waals surface area contributed by atoms with Gasteiger partial charge in [-0.2, -0.15) is 14.3 Å². The molecule has 0 fully saturated rings. The molecule has 0 bridgehead atoms. The molecule has 1 atom stereocenters. The van der Waals surface area contributed by atoms with E-state index in [9.17, 15) is 4.79 Å². The molecule has 4 aromatic rings. The third-order valence-electron chi connectivity index (χ3n) is 5.52. The third kappa shape index (κ3) is 3.52. The minimum Gasteiger partial charge on any atom is -0.494 e. The van der Waals surface area contributed by atoms with Crippen LogP contribution in [0.5, 0.6) is 5.75 Å². The number of hydrogen-bond acceptors (Lipinski definition) is 6. The minimum absolute atomic E-state index is 0.0488. The smallest absolute Gasteiger partial charge is 0.226 e. The molecule has 0 aliphatic carbocycles. The summed E-state index contributed by atoms with van der Waals surface area (Å²) >= 11 is 0. The Bertz CT molecular complexity index is 1240. The lowest BCUT2D eigenvalue weighted by Crippen LogP contribution is -2.25. The van der Waals surface area contributed by atoms with E-state index in [-0.39, 0.29) is 11.8 Å². The predicted octanol–water partition coefficient (Wildman–Crippen LogP) is 3.27. The van der Waals surface area contributed by atoms with Crippen molar-refractivity contribution in [3.63, 3.8) is 0 Å². The van der Waals surface area contributed by atoms with Gasteiger partial charge in [0.05, 0.1) is 12.3 Å². The van der Waals surface area contributed by atoms with Crippen LogP contribution in [-0.2, 0) is 4.79 Å². The van der Waals surface area contributed by atoms with Crippen molar-refractivity contribution in [3.8, 4) is 11.6 Å². The van der Waals surface area contributed by atoms with Gasteiger partial charge in [-0.25, -0.2) is 0 Å². The maximum Gasteiger partial charge on any atom is 0.226 e. The summed E-state index contributed by atoms with van der Waals surface area (Å²) in [6.45, 7) is 4.81. The standard InChI is InChI=1S/C22H23N7O2/c1-3-4-11-31-16-7-5-15(6-8-16)17-12-20(30)24-22-21(17)14(2)26-29(22)19-10-9-18-25-23-13-28(18)27-19/h5-10,13,17H,3-4,11-12H2,1-2H3,(H,24,30). The molecule has 1 aromatic carbocycles. The van der Waals surface area contributed by atoms with Gasteiger partial charge in [0.1, 0.15) is 17.9 Å². The van der Waals surface area contributed by atoms with Crippen molar-refractivity contribution < 1.29 is 9.53 Å². The molecule has 158 valence electrons. The van der Waals surface area contributed by atoms with Crippen molar-refractivity contribution in [1.82, 2.24) is 29.6 Å². The number of aromatic nitrogens is 6. The Labute approximate surface area is 179 Å². The van der Waals surface area contributed by atoms with Crippen LogP contribution in [0.4, 0.5) is 5.82 Å². The number of amides is 1. The molecule has 1 unspecified atom stereocenters. The van der Waals surface area contributed by atoms with E-state index in [0.29, 0.717) is 30.3 Å². The minimum atomic E-state index is -0.0826. The molecule has 9 heteroatoms. The molecule has 1 amide bonds. The summed E-state index contributed by atoms with van der Waals surface area (Å²) in [5, 5.41) is 20.0. The summed E-state index contributed by atoms with van der Waals surface area (Å²) in [5.74, 6) is 1.95. The summed E-state index contributed by atoms with van der Waals surface area (Å²) in [6, 6.07) is 11.6. The number of nitrogens with zero attached hydrogens (tertiary/aromatic N) is 6. The van der Waals surface area contributed by atoms with Crippen LogP contribution in [-0.4, -0.2) is 42.1 Å². The lowest BCUT2D eigenvalue weighted by Gasteiger charge is -2.24. The number of aryl methyl sites for hydroxylation is 1. The van der Waals surface area contributed by atoms with Crippen LogP contribution in [0.2, 0.25) is 0 Å². The van der Waals surface area contributed by atoms with Crippen LogP contribution in [0, 0.1) is 6.92 Å². The molecule has 0 radical (unpaired) electrons. The molecule has 9 nitrogen and oxygen atoms in total. The Morgan fingerprint density at radius 2 is 2.00 bits per heavy atom. The first-order valence-corrected chi connectivity index (χ1v) is 10.4. The monoisotopic (exact) mass is 417 g/mol. The summed E-state index contributed by atoms with van der Waals surface area (Å²) in [6.07, 6.45) is 4.03. The highest BCUT2D eigenvalue weighted by Crippen LogP contribution is 2.40. The van der Waals surface area contributed by atoms with Gasteiger partial charge in [-0.1, -0.05) is 25.5 Å². The first-order valence-electron chi connectivity index (χ1n) is 10.4. The number of carbonyl (C=O) groups excluding carboxylic acids is 1. The Balaban J connectivity index is 1.51. The number of unbranched alkanes of at least 4 members (excludes halogenated alkanes) is 1. The highest BCUT2D eigenvalue weighted by atomic mass is 16.5. The maximum atomic E-state index is 12.6. The average molecular weight is 417 g/mol. The predicted molar refractivity (Wildman–Crippen MR) is 115 cm³/mol. The van der Waals surface area contributed by atoms with Gasteiger partial charge in [0.15, 0.2) is 11.5 Å². The molecule has 0 saturated heterocycles. The molecule has 5 rings (SSSR count). The lowest BCUT2D eigenvalue weighted by atomic mass is 9.86. The molecule has 3 aromatic heterocycles. The molecule has 31 heavy (non-hydrogen) atoms. The molecular weight excluding hydrogens is 394 g/mol. The van der Waals surface area contributed by atoms with E-state index < -0.39 is 0 Å². The van der Waals surface area contributed by atoms with Gasteiger partial charge < -0.3 is 10.1 Å². The number of nitrogens with one attached hydrogen (secondary N) is 1.